The lowest BCUT2D eigenvalue weighted by atomic mass is 10.1. The van der Waals surface area contributed by atoms with Crippen molar-refractivity contribution < 1.29 is 18.3 Å². The minimum atomic E-state index is -4.39. The third-order valence-corrected chi connectivity index (χ3v) is 3.28. The van der Waals surface area contributed by atoms with E-state index in [1.54, 1.807) is 4.68 Å². The van der Waals surface area contributed by atoms with Crippen LogP contribution in [0.3, 0.4) is 0 Å². The molecule has 1 aromatic heterocycles. The molecule has 3 nitrogen and oxygen atoms in total. The molecule has 0 fully saturated rings. The van der Waals surface area contributed by atoms with Gasteiger partial charge in [0.05, 0.1) is 11.3 Å². The molecule has 2 aromatic rings. The van der Waals surface area contributed by atoms with Gasteiger partial charge in [-0.3, -0.25) is 4.68 Å². The summed E-state index contributed by atoms with van der Waals surface area (Å²) in [6.07, 6.45) is -2.79. The molecule has 1 N–H and O–H groups in total. The van der Waals surface area contributed by atoms with E-state index < -0.39 is 11.7 Å². The zero-order valence-corrected chi connectivity index (χ0v) is 9.91. The quantitative estimate of drug-likeness (QED) is 0.862. The molecule has 1 aromatic carbocycles. The largest absolute Gasteiger partial charge is 0.504 e. The normalized spacial score (nSPS) is 14.7. The number of aromatic nitrogens is 2. The summed E-state index contributed by atoms with van der Waals surface area (Å²) in [5.41, 5.74) is 0.472. The molecule has 0 unspecified atom stereocenters. The minimum Gasteiger partial charge on any atom is -0.504 e. The summed E-state index contributed by atoms with van der Waals surface area (Å²) in [5, 5.41) is 14.2. The van der Waals surface area contributed by atoms with Crippen molar-refractivity contribution in [1.29, 1.82) is 0 Å². The van der Waals surface area contributed by atoms with Crippen molar-refractivity contribution >= 4 is 0 Å². The molecule has 0 saturated carbocycles. The Kier molecular flexibility index (Phi) is 2.55. The highest BCUT2D eigenvalue weighted by molar-refractivity contribution is 5.68. The van der Waals surface area contributed by atoms with Crippen LogP contribution in [-0.4, -0.2) is 14.9 Å². The van der Waals surface area contributed by atoms with Gasteiger partial charge in [-0.2, -0.15) is 18.3 Å². The third kappa shape index (κ3) is 1.97. The molecule has 6 heteroatoms. The summed E-state index contributed by atoms with van der Waals surface area (Å²) in [6, 6.07) is 4.86. The Morgan fingerprint density at radius 2 is 2.05 bits per heavy atom. The van der Waals surface area contributed by atoms with Crippen LogP contribution in [0.4, 0.5) is 13.2 Å². The highest BCUT2D eigenvalue weighted by Gasteiger charge is 2.31. The molecule has 100 valence electrons. The van der Waals surface area contributed by atoms with Crippen molar-refractivity contribution in [3.05, 3.63) is 35.5 Å². The molecule has 1 aliphatic heterocycles. The fraction of sp³-hybridized carbons (Fsp3) is 0.308. The molecule has 0 spiro atoms. The van der Waals surface area contributed by atoms with E-state index in [1.165, 1.54) is 12.1 Å². The average molecular weight is 268 g/mol. The lowest BCUT2D eigenvalue weighted by Gasteiger charge is -2.07. The maximum absolute atomic E-state index is 12.7. The van der Waals surface area contributed by atoms with Crippen LogP contribution in [0.5, 0.6) is 5.75 Å². The SMILES string of the molecule is Oc1c(-c2cccc(C(F)(F)F)c2)nn2c1CCC2. The van der Waals surface area contributed by atoms with Crippen molar-refractivity contribution in [2.24, 2.45) is 0 Å². The van der Waals surface area contributed by atoms with Crippen LogP contribution in [-0.2, 0) is 19.1 Å². The van der Waals surface area contributed by atoms with E-state index in [1.807, 2.05) is 0 Å². The van der Waals surface area contributed by atoms with Gasteiger partial charge in [0.1, 0.15) is 5.69 Å². The van der Waals surface area contributed by atoms with Crippen LogP contribution >= 0.6 is 0 Å². The van der Waals surface area contributed by atoms with Crippen LogP contribution in [0, 0.1) is 0 Å². The first-order chi connectivity index (χ1) is 8.97. The summed E-state index contributed by atoms with van der Waals surface area (Å²) in [7, 11) is 0. The van der Waals surface area contributed by atoms with E-state index in [0.717, 1.165) is 18.6 Å². The Bertz CT molecular complexity index is 631. The van der Waals surface area contributed by atoms with Gasteiger partial charge in [-0.05, 0) is 25.0 Å². The second-order valence-corrected chi connectivity index (χ2v) is 4.55. The molecule has 19 heavy (non-hydrogen) atoms. The fourth-order valence-electron chi connectivity index (χ4n) is 2.35. The number of nitrogens with zero attached hydrogens (tertiary/aromatic N) is 2. The van der Waals surface area contributed by atoms with Gasteiger partial charge < -0.3 is 5.11 Å². The number of alkyl halides is 3. The van der Waals surface area contributed by atoms with Gasteiger partial charge in [-0.25, -0.2) is 0 Å². The van der Waals surface area contributed by atoms with Gasteiger partial charge >= 0.3 is 6.18 Å². The van der Waals surface area contributed by atoms with Crippen LogP contribution < -0.4 is 0 Å². The second-order valence-electron chi connectivity index (χ2n) is 4.55. The molecule has 0 saturated heterocycles. The highest BCUT2D eigenvalue weighted by atomic mass is 19.4. The second kappa shape index (κ2) is 4.01. The first kappa shape index (κ1) is 12.1. The highest BCUT2D eigenvalue weighted by Crippen LogP contribution is 2.37. The topological polar surface area (TPSA) is 38.1 Å². The summed E-state index contributed by atoms with van der Waals surface area (Å²) in [6.45, 7) is 0.696. The predicted molar refractivity (Wildman–Crippen MR) is 62.7 cm³/mol. The number of hydrogen-bond acceptors (Lipinski definition) is 2. The van der Waals surface area contributed by atoms with Crippen molar-refractivity contribution in [3.8, 4) is 17.0 Å². The summed E-state index contributed by atoms with van der Waals surface area (Å²) in [5.74, 6) is -0.00294. The first-order valence-corrected chi connectivity index (χ1v) is 5.93. The van der Waals surface area contributed by atoms with Crippen LogP contribution in [0.2, 0.25) is 0 Å². The molecular formula is C13H11F3N2O. The number of hydrogen-bond donors (Lipinski definition) is 1. The van der Waals surface area contributed by atoms with Crippen LogP contribution in [0.25, 0.3) is 11.3 Å². The first-order valence-electron chi connectivity index (χ1n) is 5.93. The van der Waals surface area contributed by atoms with E-state index in [2.05, 4.69) is 5.10 Å². The molecule has 0 radical (unpaired) electrons. The molecule has 0 amide bonds. The number of aryl methyl sites for hydroxylation is 1. The van der Waals surface area contributed by atoms with Gasteiger partial charge in [0, 0.05) is 12.1 Å². The maximum Gasteiger partial charge on any atom is 0.416 e. The Morgan fingerprint density at radius 1 is 1.26 bits per heavy atom. The van der Waals surface area contributed by atoms with Gasteiger partial charge in [0.25, 0.3) is 0 Å². The van der Waals surface area contributed by atoms with Crippen molar-refractivity contribution in [1.82, 2.24) is 9.78 Å². The molecule has 3 rings (SSSR count). The Morgan fingerprint density at radius 3 is 2.74 bits per heavy atom. The van der Waals surface area contributed by atoms with Crippen molar-refractivity contribution in [2.45, 2.75) is 25.6 Å². The van der Waals surface area contributed by atoms with E-state index >= 15 is 0 Å². The summed E-state index contributed by atoms with van der Waals surface area (Å²) < 4.78 is 39.6. The Labute approximate surface area is 107 Å². The maximum atomic E-state index is 12.7. The number of fused-ring (bicyclic) bond motifs is 1. The number of benzene rings is 1. The zero-order chi connectivity index (χ0) is 13.6. The average Bonchev–Trinajstić information content (AvgIpc) is 2.92. The third-order valence-electron chi connectivity index (χ3n) is 3.28. The summed E-state index contributed by atoms with van der Waals surface area (Å²) >= 11 is 0. The Balaban J connectivity index is 2.08. The van der Waals surface area contributed by atoms with Crippen molar-refractivity contribution in [2.75, 3.05) is 0 Å². The van der Waals surface area contributed by atoms with E-state index in [9.17, 15) is 18.3 Å². The van der Waals surface area contributed by atoms with Crippen LogP contribution in [0.15, 0.2) is 24.3 Å². The number of halogens is 3. The molecular weight excluding hydrogens is 257 g/mol. The van der Waals surface area contributed by atoms with Gasteiger partial charge in [0.2, 0.25) is 0 Å². The Hall–Kier alpha value is -1.98. The van der Waals surface area contributed by atoms with E-state index in [0.29, 0.717) is 18.7 Å². The predicted octanol–water partition coefficient (Wildman–Crippen LogP) is 3.22. The van der Waals surface area contributed by atoms with Gasteiger partial charge in [0.15, 0.2) is 5.75 Å². The fourth-order valence-corrected chi connectivity index (χ4v) is 2.35. The summed E-state index contributed by atoms with van der Waals surface area (Å²) in [4.78, 5) is 0. The molecule has 0 bridgehead atoms. The standard InChI is InChI=1S/C13H11F3N2O/c14-13(15,16)9-4-1-3-8(7-9)11-12(19)10-5-2-6-18(10)17-11/h1,3-4,7,19H,2,5-6H2. The van der Waals surface area contributed by atoms with Crippen molar-refractivity contribution in [3.63, 3.8) is 0 Å². The lowest BCUT2D eigenvalue weighted by molar-refractivity contribution is -0.137. The minimum absolute atomic E-state index is 0.00294. The van der Waals surface area contributed by atoms with Gasteiger partial charge in [-0.15, -0.1) is 0 Å². The smallest absolute Gasteiger partial charge is 0.416 e. The molecule has 0 aliphatic carbocycles. The molecule has 2 heterocycles. The molecule has 1 aliphatic rings. The lowest BCUT2D eigenvalue weighted by Crippen LogP contribution is -2.04. The van der Waals surface area contributed by atoms with Gasteiger partial charge in [-0.1, -0.05) is 12.1 Å². The number of rotatable bonds is 1. The number of aromatic hydroxyl groups is 1. The zero-order valence-electron chi connectivity index (χ0n) is 9.91. The van der Waals surface area contributed by atoms with Crippen LogP contribution in [0.1, 0.15) is 17.7 Å². The monoisotopic (exact) mass is 268 g/mol. The molecule has 0 atom stereocenters. The van der Waals surface area contributed by atoms with E-state index in [-0.39, 0.29) is 17.0 Å². The van der Waals surface area contributed by atoms with E-state index in [4.69, 9.17) is 0 Å².